The first-order chi connectivity index (χ1) is 32.4. The lowest BCUT2D eigenvalue weighted by atomic mass is 9.97. The van der Waals surface area contributed by atoms with E-state index in [-0.39, 0.29) is 6.29 Å². The molecule has 0 spiro atoms. The molecule has 0 aliphatic carbocycles. The molecule has 0 bridgehead atoms. The van der Waals surface area contributed by atoms with Gasteiger partial charge in [-0.1, -0.05) is 0 Å². The molecule has 5 aliphatic rings. The molecule has 21 atom stereocenters. The number of hydrogen-bond acceptors (Lipinski definition) is 30. The Balaban J connectivity index is 1.31. The molecule has 0 aromatic rings. The normalized spacial score (nSPS) is 41.4. The van der Waals surface area contributed by atoms with Crippen LogP contribution >= 0.6 is 0 Å². The Kier molecular flexibility index (Phi) is 20.3. The Morgan fingerprint density at radius 2 is 1.09 bits per heavy atom. The summed E-state index contributed by atoms with van der Waals surface area (Å²) >= 11 is 0. The van der Waals surface area contributed by atoms with Crippen molar-refractivity contribution in [2.45, 2.75) is 155 Å². The number of carboxylic acid groups (broad SMARTS) is 1. The number of carbonyl (C=O) groups is 2. The Morgan fingerprint density at radius 3 is 1.64 bits per heavy atom. The number of aliphatic carboxylic acids is 1. The molecule has 5 aliphatic heterocycles. The van der Waals surface area contributed by atoms with Crippen LogP contribution in [0.4, 0.5) is 0 Å². The molecule has 0 aromatic carbocycles. The molecular formula is C31H50O35S4. The van der Waals surface area contributed by atoms with Gasteiger partial charge in [0.25, 0.3) is 0 Å². The van der Waals surface area contributed by atoms with E-state index in [2.05, 4.69) is 16.7 Å². The van der Waals surface area contributed by atoms with E-state index in [1.54, 1.807) is 0 Å². The highest BCUT2D eigenvalue weighted by molar-refractivity contribution is 7.81. The summed E-state index contributed by atoms with van der Waals surface area (Å²) in [5.41, 5.74) is 0. The quantitative estimate of drug-likeness (QED) is 0.0354. The summed E-state index contributed by atoms with van der Waals surface area (Å²) in [5, 5.41) is 74.9. The summed E-state index contributed by atoms with van der Waals surface area (Å²) < 4.78 is 201. The number of aldehydes is 1. The second-order valence-corrected chi connectivity index (χ2v) is 20.0. The van der Waals surface area contributed by atoms with Gasteiger partial charge in [0, 0.05) is 26.4 Å². The van der Waals surface area contributed by atoms with Crippen LogP contribution in [0, 0.1) is 0 Å². The summed E-state index contributed by atoms with van der Waals surface area (Å²) in [6.45, 7) is -3.33. The molecule has 0 aromatic heterocycles. The van der Waals surface area contributed by atoms with Crippen LogP contribution < -0.4 is 0 Å². The average Bonchev–Trinajstić information content (AvgIpc) is 3.24. The van der Waals surface area contributed by atoms with Crippen molar-refractivity contribution in [3.05, 3.63) is 0 Å². The van der Waals surface area contributed by atoms with Gasteiger partial charge in [0.15, 0.2) is 49.9 Å². The molecule has 7 unspecified atom stereocenters. The summed E-state index contributed by atoms with van der Waals surface area (Å²) in [7, 11) is -20.0. The third kappa shape index (κ3) is 16.5. The maximum atomic E-state index is 12.4. The van der Waals surface area contributed by atoms with E-state index in [9.17, 15) is 88.1 Å². The second kappa shape index (κ2) is 24.1. The first kappa shape index (κ1) is 58.9. The van der Waals surface area contributed by atoms with E-state index >= 15 is 0 Å². The van der Waals surface area contributed by atoms with Crippen molar-refractivity contribution in [1.82, 2.24) is 0 Å². The van der Waals surface area contributed by atoms with Crippen molar-refractivity contribution in [1.29, 1.82) is 0 Å². The molecule has 35 nitrogen and oxygen atoms in total. The van der Waals surface area contributed by atoms with Gasteiger partial charge in [0.2, 0.25) is 0 Å². The minimum absolute atomic E-state index is 0.0131. The Labute approximate surface area is 395 Å². The molecule has 408 valence electrons. The smallest absolute Gasteiger partial charge is 0.397 e. The maximum absolute atomic E-state index is 12.4. The van der Waals surface area contributed by atoms with E-state index in [1.807, 2.05) is 0 Å². The fourth-order valence-corrected chi connectivity index (χ4v) is 9.06. The summed E-state index contributed by atoms with van der Waals surface area (Å²) in [6.07, 6.45) is -42.8. The van der Waals surface area contributed by atoms with E-state index in [0.29, 0.717) is 0 Å². The van der Waals surface area contributed by atoms with Crippen molar-refractivity contribution in [2.24, 2.45) is 0 Å². The van der Waals surface area contributed by atoms with Gasteiger partial charge in [0.05, 0.1) is 38.1 Å². The molecule has 70 heavy (non-hydrogen) atoms. The summed E-state index contributed by atoms with van der Waals surface area (Å²) in [5.74, 6) is -1.87. The summed E-state index contributed by atoms with van der Waals surface area (Å²) in [6, 6.07) is 0. The average molecular weight is 1110 g/mol. The first-order valence-corrected chi connectivity index (χ1v) is 25.5. The molecule has 11 N–H and O–H groups in total. The number of hydrogen-bond donors (Lipinski definition) is 11. The van der Waals surface area contributed by atoms with Crippen LogP contribution in [-0.4, -0.2) is 256 Å². The predicted molar refractivity (Wildman–Crippen MR) is 207 cm³/mol. The number of rotatable bonds is 22. The highest BCUT2D eigenvalue weighted by atomic mass is 32.3. The lowest BCUT2D eigenvalue weighted by Crippen LogP contribution is -2.64. The van der Waals surface area contributed by atoms with Crippen molar-refractivity contribution < 1.29 is 161 Å². The number of aliphatic hydroxyl groups is 6. The molecule has 0 saturated carbocycles. The van der Waals surface area contributed by atoms with Gasteiger partial charge in [-0.25, -0.2) is 21.5 Å². The van der Waals surface area contributed by atoms with E-state index < -0.39 is 222 Å². The topological polar surface area (TPSA) is 522 Å². The van der Waals surface area contributed by atoms with Crippen LogP contribution in [-0.2, 0) is 115 Å². The lowest BCUT2D eigenvalue weighted by Gasteiger charge is -2.47. The number of carboxylic acids is 1. The van der Waals surface area contributed by atoms with E-state index in [1.165, 1.54) is 0 Å². The highest BCUT2D eigenvalue weighted by Gasteiger charge is 2.55. The zero-order chi connectivity index (χ0) is 52.3. The van der Waals surface area contributed by atoms with Crippen molar-refractivity contribution in [3.63, 3.8) is 0 Å². The SMILES string of the molecule is CO[C@@H]1C[C@@H](O)[C@H](O[C@@H]2OC(C=O)[C@H](O[C@H]3CC[C@H](O[C@@H]4OC(C(=O)O)[C@@H](O[C@@H]5C[C@@H](O)[C@H](O)C(COS(=O)(=O)O)O5)[C@H](O)C4O)C(COS(=O)(=O)O)O3)C(O)[C@@H]2OS(=O)(=O)O)C(COS(=O)(=O)O)O1. The van der Waals surface area contributed by atoms with E-state index in [4.69, 9.17) is 56.5 Å². The molecule has 5 fully saturated rings. The predicted octanol–water partition coefficient (Wildman–Crippen LogP) is -7.55. The zero-order valence-corrected chi connectivity index (χ0v) is 38.8. The third-order valence-corrected chi connectivity index (χ3v) is 12.6. The molecule has 0 radical (unpaired) electrons. The Bertz CT molecular complexity index is 2200. The standard InChI is InChI=1S/C31H50O35S4/c1-53-18-5-11(34)24(16(59-18)9-56-69(47,48)49)64-31-27(66-70(50,51)52)23(38)25(13(6-32)61-31)62-17-3-2-12(14(57-17)7-54-67(41,42)43)60-30-22(37)21(36)26(28(65-30)29(39)40)63-19-4-10(33)20(35)15(58-19)8-55-68(44,45)46/h6,10-28,30-31,33-38H,2-5,7-9H2,1H3,(H,39,40)(H,41,42,43)(H,44,45,46)(H,47,48,49)(H,50,51,52)/t10-,11-,12+,13?,14?,15?,16?,17+,18+,19-,20+,21-,22?,23?,24+,25+,26+,27+,28?,30-,31+/m1/s1. The minimum atomic E-state index is -5.58. The zero-order valence-electron chi connectivity index (χ0n) is 35.5. The molecule has 39 heteroatoms. The van der Waals surface area contributed by atoms with Crippen LogP contribution in [0.3, 0.4) is 0 Å². The van der Waals surface area contributed by atoms with Gasteiger partial charge in [0.1, 0.15) is 67.1 Å². The van der Waals surface area contributed by atoms with Gasteiger partial charge in [-0.2, -0.15) is 33.7 Å². The fourth-order valence-electron chi connectivity index (χ4n) is 7.66. The van der Waals surface area contributed by atoms with Crippen LogP contribution in [0.5, 0.6) is 0 Å². The molecule has 0 amide bonds. The van der Waals surface area contributed by atoms with Gasteiger partial charge in [-0.05, 0) is 6.42 Å². The van der Waals surface area contributed by atoms with Gasteiger partial charge in [-0.3, -0.25) is 18.2 Å². The van der Waals surface area contributed by atoms with Gasteiger partial charge >= 0.3 is 47.6 Å². The highest BCUT2D eigenvalue weighted by Crippen LogP contribution is 2.36. The van der Waals surface area contributed by atoms with Crippen molar-refractivity contribution in [3.8, 4) is 0 Å². The monoisotopic (exact) mass is 1110 g/mol. The molecular weight excluding hydrogens is 1060 g/mol. The van der Waals surface area contributed by atoms with Crippen LogP contribution in [0.2, 0.25) is 0 Å². The van der Waals surface area contributed by atoms with Crippen molar-refractivity contribution in [2.75, 3.05) is 26.9 Å². The molecule has 5 saturated heterocycles. The number of ether oxygens (including phenoxy) is 10. The Hall–Kier alpha value is -2.02. The molecule has 5 rings (SSSR count). The van der Waals surface area contributed by atoms with Gasteiger partial charge < -0.3 is 87.9 Å². The van der Waals surface area contributed by atoms with Crippen LogP contribution in [0.1, 0.15) is 25.7 Å². The largest absolute Gasteiger partial charge is 0.479 e. The summed E-state index contributed by atoms with van der Waals surface area (Å²) in [4.78, 5) is 24.8. The van der Waals surface area contributed by atoms with Crippen LogP contribution in [0.25, 0.3) is 0 Å². The lowest BCUT2D eigenvalue weighted by molar-refractivity contribution is -0.361. The number of aliphatic hydroxyl groups excluding tert-OH is 6. The first-order valence-electron chi connectivity index (χ1n) is 20.1. The van der Waals surface area contributed by atoms with Crippen LogP contribution in [0.15, 0.2) is 0 Å². The van der Waals surface area contributed by atoms with E-state index in [0.717, 1.165) is 7.11 Å². The number of methoxy groups -OCH3 is 1. The molecule has 5 heterocycles. The Morgan fingerprint density at radius 1 is 0.543 bits per heavy atom. The van der Waals surface area contributed by atoms with Crippen molar-refractivity contribution >= 4 is 53.9 Å². The second-order valence-electron chi connectivity index (χ2n) is 15.7. The third-order valence-electron chi connectivity index (χ3n) is 10.8. The van der Waals surface area contributed by atoms with Gasteiger partial charge in [-0.15, -0.1) is 0 Å². The minimum Gasteiger partial charge on any atom is -0.479 e. The fraction of sp³-hybridized carbons (Fsp3) is 0.935. The maximum Gasteiger partial charge on any atom is 0.397 e. The number of carbonyl (C=O) groups excluding carboxylic acids is 1.